The van der Waals surface area contributed by atoms with Crippen LogP contribution in [-0.4, -0.2) is 67.7 Å². The number of hydrogen-bond acceptors (Lipinski definition) is 7. The summed E-state index contributed by atoms with van der Waals surface area (Å²) in [6.45, 7) is 4.15. The molecule has 1 atom stereocenters. The van der Waals surface area contributed by atoms with Gasteiger partial charge in [0.1, 0.15) is 11.6 Å². The number of carbonyl (C=O) groups is 1. The van der Waals surface area contributed by atoms with Gasteiger partial charge in [-0.05, 0) is 25.7 Å². The minimum absolute atomic E-state index is 0.138. The van der Waals surface area contributed by atoms with Crippen LogP contribution in [0.25, 0.3) is 0 Å². The summed E-state index contributed by atoms with van der Waals surface area (Å²) >= 11 is 0. The molecule has 0 bridgehead atoms. The van der Waals surface area contributed by atoms with Gasteiger partial charge in [-0.25, -0.2) is 0 Å². The van der Waals surface area contributed by atoms with Crippen LogP contribution >= 0.6 is 0 Å². The van der Waals surface area contributed by atoms with Crippen LogP contribution in [0.5, 0.6) is 0 Å². The standard InChI is InChI=1S/C18H30N6O2/c1-20-14-11-15(22-17(19)21-14)23-8-3-6-18(12-23)7-5-16(25)24(13-18)9-4-10-26-2/h11H,3-10,12-13H2,1-2H3,(H3,19,20,21,22). The van der Waals surface area contributed by atoms with Crippen molar-refractivity contribution in [2.45, 2.75) is 32.1 Å². The number of nitrogens with one attached hydrogen (secondary N) is 1. The predicted octanol–water partition coefficient (Wildman–Crippen LogP) is 1.35. The SMILES string of the molecule is CNc1cc(N2CCCC3(CCC(=O)N(CCCOC)C3)C2)nc(N)n1. The fraction of sp³-hybridized carbons (Fsp3) is 0.722. The van der Waals surface area contributed by atoms with Gasteiger partial charge >= 0.3 is 0 Å². The Morgan fingerprint density at radius 1 is 1.35 bits per heavy atom. The molecule has 1 amide bonds. The van der Waals surface area contributed by atoms with E-state index in [1.54, 1.807) is 7.11 Å². The molecule has 0 aromatic carbocycles. The number of nitrogen functional groups attached to an aromatic ring is 1. The van der Waals surface area contributed by atoms with Crippen molar-refractivity contribution in [3.8, 4) is 0 Å². The van der Waals surface area contributed by atoms with Crippen LogP contribution in [0.4, 0.5) is 17.6 Å². The number of amides is 1. The quantitative estimate of drug-likeness (QED) is 0.737. The summed E-state index contributed by atoms with van der Waals surface area (Å²) in [6, 6.07) is 1.94. The molecule has 2 aliphatic heterocycles. The molecule has 8 heteroatoms. The number of carbonyl (C=O) groups excluding carboxylic acids is 1. The first-order chi connectivity index (χ1) is 12.5. The normalized spacial score (nSPS) is 23.5. The zero-order valence-electron chi connectivity index (χ0n) is 15.8. The fourth-order valence-electron chi connectivity index (χ4n) is 4.19. The van der Waals surface area contributed by atoms with Crippen LogP contribution in [0, 0.1) is 5.41 Å². The summed E-state index contributed by atoms with van der Waals surface area (Å²) in [6.07, 6.45) is 4.71. The lowest BCUT2D eigenvalue weighted by atomic mass is 9.73. The topological polar surface area (TPSA) is 96.6 Å². The highest BCUT2D eigenvalue weighted by Gasteiger charge is 2.41. The highest BCUT2D eigenvalue weighted by molar-refractivity contribution is 5.77. The van der Waals surface area contributed by atoms with E-state index in [9.17, 15) is 4.79 Å². The third-order valence-corrected chi connectivity index (χ3v) is 5.50. The molecule has 1 aromatic heterocycles. The van der Waals surface area contributed by atoms with Gasteiger partial charge < -0.3 is 25.6 Å². The van der Waals surface area contributed by atoms with Gasteiger partial charge in [0.25, 0.3) is 0 Å². The maximum atomic E-state index is 12.3. The largest absolute Gasteiger partial charge is 0.385 e. The lowest BCUT2D eigenvalue weighted by Crippen LogP contribution is -2.54. The first-order valence-electron chi connectivity index (χ1n) is 9.39. The van der Waals surface area contributed by atoms with Crippen LogP contribution in [0.1, 0.15) is 32.1 Å². The Hall–Kier alpha value is -2.09. The second-order valence-corrected chi connectivity index (χ2v) is 7.41. The van der Waals surface area contributed by atoms with Gasteiger partial charge in [0, 0.05) is 64.8 Å². The molecule has 0 aliphatic carbocycles. The van der Waals surface area contributed by atoms with Crippen molar-refractivity contribution in [3.63, 3.8) is 0 Å². The van der Waals surface area contributed by atoms with Gasteiger partial charge in [-0.2, -0.15) is 9.97 Å². The summed E-state index contributed by atoms with van der Waals surface area (Å²) in [5, 5.41) is 3.04. The van der Waals surface area contributed by atoms with Gasteiger partial charge in [0.2, 0.25) is 11.9 Å². The summed E-state index contributed by atoms with van der Waals surface area (Å²) in [4.78, 5) is 25.3. The highest BCUT2D eigenvalue weighted by Crippen LogP contribution is 2.40. The van der Waals surface area contributed by atoms with Crippen molar-refractivity contribution < 1.29 is 9.53 Å². The molecule has 1 aromatic rings. The van der Waals surface area contributed by atoms with Crippen molar-refractivity contribution in [1.29, 1.82) is 0 Å². The Balaban J connectivity index is 1.72. The summed E-state index contributed by atoms with van der Waals surface area (Å²) in [7, 11) is 3.53. The number of piperidine rings is 2. The van der Waals surface area contributed by atoms with E-state index in [0.29, 0.717) is 13.0 Å². The van der Waals surface area contributed by atoms with E-state index in [1.807, 2.05) is 18.0 Å². The second-order valence-electron chi connectivity index (χ2n) is 7.41. The Kier molecular flexibility index (Phi) is 5.80. The molecule has 3 N–H and O–H groups in total. The van der Waals surface area contributed by atoms with E-state index in [4.69, 9.17) is 10.5 Å². The fourth-order valence-corrected chi connectivity index (χ4v) is 4.19. The molecule has 2 saturated heterocycles. The third kappa shape index (κ3) is 4.17. The van der Waals surface area contributed by atoms with Crippen molar-refractivity contribution in [1.82, 2.24) is 14.9 Å². The van der Waals surface area contributed by atoms with Gasteiger partial charge in [-0.3, -0.25) is 4.79 Å². The first kappa shape index (κ1) is 18.7. The molecule has 3 heterocycles. The molecule has 2 aliphatic rings. The van der Waals surface area contributed by atoms with Crippen LogP contribution in [0.3, 0.4) is 0 Å². The van der Waals surface area contributed by atoms with Gasteiger partial charge in [0.15, 0.2) is 0 Å². The van der Waals surface area contributed by atoms with Crippen LogP contribution in [0.2, 0.25) is 0 Å². The van der Waals surface area contributed by atoms with E-state index in [-0.39, 0.29) is 17.3 Å². The summed E-state index contributed by atoms with van der Waals surface area (Å²) in [5.74, 6) is 2.15. The van der Waals surface area contributed by atoms with E-state index < -0.39 is 0 Å². The number of methoxy groups -OCH3 is 1. The van der Waals surface area contributed by atoms with Gasteiger partial charge in [-0.1, -0.05) is 0 Å². The van der Waals surface area contributed by atoms with E-state index in [2.05, 4.69) is 20.2 Å². The monoisotopic (exact) mass is 362 g/mol. The highest BCUT2D eigenvalue weighted by atomic mass is 16.5. The number of ether oxygens (including phenoxy) is 1. The second kappa shape index (κ2) is 8.07. The zero-order chi connectivity index (χ0) is 18.6. The molecule has 2 fully saturated rings. The van der Waals surface area contributed by atoms with Crippen LogP contribution in [-0.2, 0) is 9.53 Å². The van der Waals surface area contributed by atoms with Gasteiger partial charge in [0.05, 0.1) is 0 Å². The molecule has 8 nitrogen and oxygen atoms in total. The maximum absolute atomic E-state index is 12.3. The number of anilines is 3. The lowest BCUT2D eigenvalue weighted by Gasteiger charge is -2.48. The molecule has 26 heavy (non-hydrogen) atoms. The van der Waals surface area contributed by atoms with Crippen molar-refractivity contribution in [2.24, 2.45) is 5.41 Å². The average molecular weight is 362 g/mol. The summed E-state index contributed by atoms with van der Waals surface area (Å²) < 4.78 is 5.13. The maximum Gasteiger partial charge on any atom is 0.223 e. The zero-order valence-corrected chi connectivity index (χ0v) is 15.8. The minimum atomic E-state index is 0.138. The molecular weight excluding hydrogens is 332 g/mol. The van der Waals surface area contributed by atoms with Crippen LogP contribution in [0.15, 0.2) is 6.07 Å². The number of hydrogen-bond donors (Lipinski definition) is 2. The number of nitrogens with two attached hydrogens (primary N) is 1. The number of aromatic nitrogens is 2. The molecule has 144 valence electrons. The van der Waals surface area contributed by atoms with E-state index >= 15 is 0 Å². The molecule has 1 unspecified atom stereocenters. The smallest absolute Gasteiger partial charge is 0.223 e. The molecule has 0 radical (unpaired) electrons. The van der Waals surface area contributed by atoms with E-state index in [1.165, 1.54) is 0 Å². The van der Waals surface area contributed by atoms with Crippen molar-refractivity contribution in [3.05, 3.63) is 6.07 Å². The minimum Gasteiger partial charge on any atom is -0.385 e. The lowest BCUT2D eigenvalue weighted by molar-refractivity contribution is -0.138. The Bertz CT molecular complexity index is 640. The third-order valence-electron chi connectivity index (χ3n) is 5.50. The molecular formula is C18H30N6O2. The molecule has 3 rings (SSSR count). The number of nitrogens with zero attached hydrogens (tertiary/aromatic N) is 4. The van der Waals surface area contributed by atoms with Gasteiger partial charge in [-0.15, -0.1) is 0 Å². The molecule has 0 saturated carbocycles. The predicted molar refractivity (Wildman–Crippen MR) is 102 cm³/mol. The number of likely N-dealkylation sites (tertiary alicyclic amines) is 1. The van der Waals surface area contributed by atoms with Crippen molar-refractivity contribution >= 4 is 23.5 Å². The average Bonchev–Trinajstić information content (AvgIpc) is 2.64. The number of rotatable bonds is 6. The molecule has 1 spiro atoms. The Morgan fingerprint density at radius 3 is 2.96 bits per heavy atom. The summed E-state index contributed by atoms with van der Waals surface area (Å²) in [5.41, 5.74) is 6.00. The first-order valence-corrected chi connectivity index (χ1v) is 9.39. The Morgan fingerprint density at radius 2 is 2.19 bits per heavy atom. The van der Waals surface area contributed by atoms with Crippen LogP contribution < -0.4 is 16.0 Å². The Labute approximate surface area is 155 Å². The van der Waals surface area contributed by atoms with Crippen molar-refractivity contribution in [2.75, 3.05) is 62.9 Å². The van der Waals surface area contributed by atoms with E-state index in [0.717, 1.165) is 63.5 Å².